The van der Waals surface area contributed by atoms with Crippen LogP contribution in [0.15, 0.2) is 23.2 Å². The molecule has 1 aliphatic carbocycles. The zero-order valence-electron chi connectivity index (χ0n) is 9.38. The first kappa shape index (κ1) is 11.3. The second-order valence-electron chi connectivity index (χ2n) is 3.91. The highest BCUT2D eigenvalue weighted by Gasteiger charge is 2.34. The first-order chi connectivity index (χ1) is 7.65. The number of aromatic nitrogens is 1. The summed E-state index contributed by atoms with van der Waals surface area (Å²) < 4.78 is 0.964. The molecule has 16 heavy (non-hydrogen) atoms. The van der Waals surface area contributed by atoms with Gasteiger partial charge in [-0.1, -0.05) is 11.8 Å². The van der Waals surface area contributed by atoms with E-state index in [1.807, 2.05) is 6.26 Å². The third kappa shape index (κ3) is 2.00. The van der Waals surface area contributed by atoms with Crippen molar-refractivity contribution in [3.05, 3.63) is 23.9 Å². The molecule has 5 heteroatoms. The molecule has 1 aromatic heterocycles. The fraction of sp³-hybridized carbons (Fsp3) is 0.455. The molecule has 0 spiro atoms. The number of hydrogen-bond donors (Lipinski definition) is 1. The van der Waals surface area contributed by atoms with Gasteiger partial charge in [0, 0.05) is 30.0 Å². The van der Waals surface area contributed by atoms with Gasteiger partial charge in [-0.05, 0) is 25.2 Å². The molecule has 0 saturated heterocycles. The third-order valence-corrected chi connectivity index (χ3v) is 3.50. The summed E-state index contributed by atoms with van der Waals surface area (Å²) in [6.07, 6.45) is 3.99. The Balaban J connectivity index is 2.28. The minimum Gasteiger partial charge on any atom is -0.333 e. The molecule has 0 atom stereocenters. The molecule has 1 saturated carbocycles. The quantitative estimate of drug-likeness (QED) is 0.489. The Bertz CT molecular complexity index is 418. The summed E-state index contributed by atoms with van der Waals surface area (Å²) in [5, 5.41) is 10.5. The van der Waals surface area contributed by atoms with E-state index >= 15 is 0 Å². The molecule has 2 rings (SSSR count). The van der Waals surface area contributed by atoms with Crippen molar-refractivity contribution in [2.75, 3.05) is 13.3 Å². The molecule has 0 aliphatic heterocycles. The molecule has 0 aromatic carbocycles. The number of amides is 1. The minimum absolute atomic E-state index is 0.124. The van der Waals surface area contributed by atoms with E-state index in [-0.39, 0.29) is 5.91 Å². The van der Waals surface area contributed by atoms with Crippen LogP contribution in [0.25, 0.3) is 0 Å². The topological polar surface area (TPSA) is 44.4 Å². The normalized spacial score (nSPS) is 14.9. The fourth-order valence-corrected chi connectivity index (χ4v) is 2.09. The molecule has 1 fully saturated rings. The van der Waals surface area contributed by atoms with E-state index in [1.165, 1.54) is 11.8 Å². The van der Waals surface area contributed by atoms with Crippen molar-refractivity contribution < 1.29 is 14.7 Å². The van der Waals surface area contributed by atoms with Gasteiger partial charge in [0.1, 0.15) is 0 Å². The van der Waals surface area contributed by atoms with E-state index in [4.69, 9.17) is 0 Å². The molecule has 0 unspecified atom stereocenters. The molecule has 0 radical (unpaired) electrons. The molecule has 4 nitrogen and oxygen atoms in total. The van der Waals surface area contributed by atoms with Crippen LogP contribution in [0.1, 0.15) is 23.3 Å². The predicted molar refractivity (Wildman–Crippen MR) is 60.7 cm³/mol. The van der Waals surface area contributed by atoms with Crippen molar-refractivity contribution in [1.29, 1.82) is 0 Å². The van der Waals surface area contributed by atoms with Gasteiger partial charge in [0.2, 0.25) is 0 Å². The summed E-state index contributed by atoms with van der Waals surface area (Å²) in [4.78, 5) is 13.8. The standard InChI is InChI=1S/C11H15N2O2S/c1-12(8-6-7-8)11(14)9-4-3-5-10(16-2)13(9)15/h3-5,8,15H,6-7H2,1-2H3/q+1. The Hall–Kier alpha value is -1.23. The van der Waals surface area contributed by atoms with Crippen molar-refractivity contribution in [2.24, 2.45) is 0 Å². The number of carbonyl (C=O) groups excluding carboxylic acids is 1. The van der Waals surface area contributed by atoms with E-state index in [1.54, 1.807) is 30.1 Å². The lowest BCUT2D eigenvalue weighted by molar-refractivity contribution is -0.933. The van der Waals surface area contributed by atoms with E-state index in [0.717, 1.165) is 17.6 Å². The summed E-state index contributed by atoms with van der Waals surface area (Å²) in [7, 11) is 1.78. The van der Waals surface area contributed by atoms with Crippen LogP contribution >= 0.6 is 11.8 Å². The van der Waals surface area contributed by atoms with Gasteiger partial charge < -0.3 is 4.90 Å². The van der Waals surface area contributed by atoms with E-state index < -0.39 is 0 Å². The smallest absolute Gasteiger partial charge is 0.323 e. The molecule has 0 bridgehead atoms. The zero-order valence-corrected chi connectivity index (χ0v) is 10.2. The maximum absolute atomic E-state index is 12.1. The SMILES string of the molecule is CSc1cccc(C(=O)N(C)C2CC2)[n+]1O. The largest absolute Gasteiger partial charge is 0.333 e. The first-order valence-corrected chi connectivity index (χ1v) is 6.43. The van der Waals surface area contributed by atoms with Crippen molar-refractivity contribution >= 4 is 17.7 Å². The Morgan fingerprint density at radius 1 is 1.56 bits per heavy atom. The Morgan fingerprint density at radius 3 is 2.81 bits per heavy atom. The van der Waals surface area contributed by atoms with E-state index in [2.05, 4.69) is 0 Å². The number of thioether (sulfide) groups is 1. The van der Waals surface area contributed by atoms with Crippen LogP contribution in [-0.4, -0.2) is 35.4 Å². The first-order valence-electron chi connectivity index (χ1n) is 5.20. The number of pyridine rings is 1. The predicted octanol–water partition coefficient (Wildman–Crippen LogP) is 1.17. The Labute approximate surface area is 98.8 Å². The fourth-order valence-electron chi connectivity index (χ4n) is 1.61. The maximum atomic E-state index is 12.1. The van der Waals surface area contributed by atoms with Crippen molar-refractivity contribution in [3.8, 4) is 0 Å². The second kappa shape index (κ2) is 4.33. The Morgan fingerprint density at radius 2 is 2.25 bits per heavy atom. The summed E-state index contributed by atoms with van der Waals surface area (Å²) in [5.74, 6) is -0.124. The van der Waals surface area contributed by atoms with Gasteiger partial charge in [-0.2, -0.15) is 0 Å². The molecular formula is C11H15N2O2S+. The maximum Gasteiger partial charge on any atom is 0.323 e. The van der Waals surface area contributed by atoms with Crippen LogP contribution in [0.4, 0.5) is 0 Å². The average Bonchev–Trinajstić information content (AvgIpc) is 3.11. The highest BCUT2D eigenvalue weighted by atomic mass is 32.2. The number of hydrogen-bond acceptors (Lipinski definition) is 3. The van der Waals surface area contributed by atoms with Crippen molar-refractivity contribution in [2.45, 2.75) is 23.9 Å². The van der Waals surface area contributed by atoms with E-state index in [9.17, 15) is 10.0 Å². The molecule has 1 N–H and O–H groups in total. The molecule has 86 valence electrons. The van der Waals surface area contributed by atoms with Crippen LogP contribution in [0.3, 0.4) is 0 Å². The van der Waals surface area contributed by atoms with Crippen LogP contribution < -0.4 is 4.73 Å². The average molecular weight is 239 g/mol. The van der Waals surface area contributed by atoms with Gasteiger partial charge in [-0.3, -0.25) is 10.0 Å². The van der Waals surface area contributed by atoms with Gasteiger partial charge in [0.25, 0.3) is 5.03 Å². The number of carbonyl (C=O) groups is 1. The Kier molecular flexibility index (Phi) is 3.05. The second-order valence-corrected chi connectivity index (χ2v) is 4.74. The van der Waals surface area contributed by atoms with Crippen molar-refractivity contribution in [3.63, 3.8) is 0 Å². The lowest BCUT2D eigenvalue weighted by Crippen LogP contribution is -2.44. The lowest BCUT2D eigenvalue weighted by atomic mass is 10.3. The summed E-state index contributed by atoms with van der Waals surface area (Å²) in [6.45, 7) is 0. The van der Waals surface area contributed by atoms with Crippen LogP contribution in [-0.2, 0) is 0 Å². The highest BCUT2D eigenvalue weighted by Crippen LogP contribution is 2.26. The monoisotopic (exact) mass is 239 g/mol. The van der Waals surface area contributed by atoms with Crippen molar-refractivity contribution in [1.82, 2.24) is 4.90 Å². The van der Waals surface area contributed by atoms with Gasteiger partial charge in [-0.25, -0.2) is 0 Å². The number of nitrogens with zero attached hydrogens (tertiary/aromatic N) is 2. The lowest BCUT2D eigenvalue weighted by Gasteiger charge is -2.13. The number of rotatable bonds is 3. The summed E-state index contributed by atoms with van der Waals surface area (Å²) >= 11 is 1.40. The van der Waals surface area contributed by atoms with Gasteiger partial charge in [0.05, 0.1) is 0 Å². The zero-order chi connectivity index (χ0) is 11.7. The van der Waals surface area contributed by atoms with Crippen LogP contribution in [0, 0.1) is 0 Å². The molecule has 1 aliphatic rings. The summed E-state index contributed by atoms with van der Waals surface area (Å²) in [6, 6.07) is 5.55. The molecule has 1 heterocycles. The van der Waals surface area contributed by atoms with E-state index in [0.29, 0.717) is 16.8 Å². The molecule has 1 aromatic rings. The molecule has 1 amide bonds. The minimum atomic E-state index is -0.124. The van der Waals surface area contributed by atoms with Gasteiger partial charge in [0.15, 0.2) is 0 Å². The van der Waals surface area contributed by atoms with Gasteiger partial charge >= 0.3 is 11.6 Å². The van der Waals surface area contributed by atoms with Crippen LogP contribution in [0.5, 0.6) is 0 Å². The summed E-state index contributed by atoms with van der Waals surface area (Å²) in [5.41, 5.74) is 0.321. The third-order valence-electron chi connectivity index (χ3n) is 2.77. The van der Waals surface area contributed by atoms with Gasteiger partial charge in [-0.15, -0.1) is 0 Å². The molecular weight excluding hydrogens is 224 g/mol. The van der Waals surface area contributed by atoms with Crippen LogP contribution in [0.2, 0.25) is 0 Å². The highest BCUT2D eigenvalue weighted by molar-refractivity contribution is 7.98.